The lowest BCUT2D eigenvalue weighted by Gasteiger charge is -1.95. The Labute approximate surface area is 131 Å². The summed E-state index contributed by atoms with van der Waals surface area (Å²) in [5, 5.41) is 4.69. The highest BCUT2D eigenvalue weighted by molar-refractivity contribution is 7.99. The van der Waals surface area contributed by atoms with Crippen molar-refractivity contribution in [3.8, 4) is 0 Å². The minimum absolute atomic E-state index is 0.184. The first-order chi connectivity index (χ1) is 10.7. The maximum Gasteiger partial charge on any atom is 0.315 e. The number of aromatic amines is 2. The number of nitrogens with zero attached hydrogens (tertiary/aromatic N) is 1. The fourth-order valence-corrected chi connectivity index (χ4v) is 2.61. The molecule has 0 saturated carbocycles. The zero-order valence-corrected chi connectivity index (χ0v) is 12.7. The Morgan fingerprint density at radius 1 is 1.41 bits per heavy atom. The molecule has 2 aromatic heterocycles. The molecule has 22 heavy (non-hydrogen) atoms. The lowest BCUT2D eigenvalue weighted by atomic mass is 10.3. The molecular weight excluding hydrogens is 300 g/mol. The van der Waals surface area contributed by atoms with E-state index in [0.717, 1.165) is 22.0 Å². The number of para-hydroxylation sites is 2. The van der Waals surface area contributed by atoms with Crippen LogP contribution in [0.1, 0.15) is 11.5 Å². The van der Waals surface area contributed by atoms with Gasteiger partial charge in [0.15, 0.2) is 11.0 Å². The van der Waals surface area contributed by atoms with Gasteiger partial charge in [0.05, 0.1) is 12.0 Å². The second-order valence-corrected chi connectivity index (χ2v) is 5.64. The third-order valence-electron chi connectivity index (χ3n) is 2.91. The number of H-pyrrole nitrogens is 2. The predicted molar refractivity (Wildman–Crippen MR) is 84.8 cm³/mol. The number of nitrogens with one attached hydrogen (secondary N) is 3. The number of thioether (sulfide) groups is 1. The fourth-order valence-electron chi connectivity index (χ4n) is 1.91. The van der Waals surface area contributed by atoms with Crippen molar-refractivity contribution in [2.24, 2.45) is 5.10 Å². The number of aromatic nitrogens is 2. The highest BCUT2D eigenvalue weighted by Crippen LogP contribution is 2.14. The van der Waals surface area contributed by atoms with Gasteiger partial charge in [-0.1, -0.05) is 12.1 Å². The summed E-state index contributed by atoms with van der Waals surface area (Å²) in [6.07, 6.45) is 1.48. The van der Waals surface area contributed by atoms with E-state index in [9.17, 15) is 4.79 Å². The molecule has 3 rings (SSSR count). The van der Waals surface area contributed by atoms with Crippen LogP contribution in [0.3, 0.4) is 0 Å². The van der Waals surface area contributed by atoms with E-state index in [1.54, 1.807) is 6.07 Å². The molecule has 0 unspecified atom stereocenters. The number of carbonyl (C=O) groups excluding carboxylic acids is 1. The van der Waals surface area contributed by atoms with Crippen LogP contribution >= 0.6 is 11.8 Å². The van der Waals surface area contributed by atoms with Gasteiger partial charge in [-0.25, -0.2) is 15.4 Å². The van der Waals surface area contributed by atoms with E-state index < -0.39 is 0 Å². The molecule has 2 heterocycles. The van der Waals surface area contributed by atoms with Gasteiger partial charge in [0.25, 0.3) is 5.91 Å². The largest absolute Gasteiger partial charge is 0.460 e. The third kappa shape index (κ3) is 3.56. The second-order valence-electron chi connectivity index (χ2n) is 4.65. The molecule has 0 bridgehead atoms. The quantitative estimate of drug-likeness (QED) is 0.430. The molecule has 0 aliphatic rings. The van der Waals surface area contributed by atoms with Crippen LogP contribution in [-0.4, -0.2) is 22.9 Å². The topological polar surface area (TPSA) is 84.5 Å². The SMILES string of the molecule is Cc1ccc(C=NNC(=O)CSc2[nH]c3ccccc3[nH+]2)o1. The van der Waals surface area contributed by atoms with E-state index in [2.05, 4.69) is 20.5 Å². The number of aryl methyl sites for hydroxylation is 1. The summed E-state index contributed by atoms with van der Waals surface area (Å²) in [6.45, 7) is 1.85. The van der Waals surface area contributed by atoms with Gasteiger partial charge in [-0.2, -0.15) is 5.10 Å². The lowest BCUT2D eigenvalue weighted by Crippen LogP contribution is -2.20. The molecule has 0 saturated heterocycles. The van der Waals surface area contributed by atoms with E-state index >= 15 is 0 Å². The van der Waals surface area contributed by atoms with Crippen LogP contribution in [0.25, 0.3) is 11.0 Å². The van der Waals surface area contributed by atoms with Crippen LogP contribution in [0.2, 0.25) is 0 Å². The third-order valence-corrected chi connectivity index (χ3v) is 3.81. The Balaban J connectivity index is 1.50. The number of benzene rings is 1. The van der Waals surface area contributed by atoms with Gasteiger partial charge in [-0.3, -0.25) is 4.79 Å². The minimum atomic E-state index is -0.184. The summed E-state index contributed by atoms with van der Waals surface area (Å²) in [5.41, 5.74) is 4.49. The van der Waals surface area contributed by atoms with Crippen molar-refractivity contribution in [3.05, 3.63) is 47.9 Å². The molecule has 0 spiro atoms. The van der Waals surface area contributed by atoms with Gasteiger partial charge >= 0.3 is 5.16 Å². The molecule has 1 aromatic carbocycles. The van der Waals surface area contributed by atoms with Crippen LogP contribution in [0.5, 0.6) is 0 Å². The molecule has 3 aromatic rings. The molecule has 112 valence electrons. The summed E-state index contributed by atoms with van der Waals surface area (Å²) in [4.78, 5) is 18.1. The maximum atomic E-state index is 11.7. The Morgan fingerprint density at radius 3 is 3.05 bits per heavy atom. The number of amides is 1. The maximum absolute atomic E-state index is 11.7. The van der Waals surface area contributed by atoms with Crippen LogP contribution in [0, 0.1) is 6.92 Å². The number of hydrazone groups is 1. The zero-order valence-electron chi connectivity index (χ0n) is 11.9. The first-order valence-corrected chi connectivity index (χ1v) is 7.70. The van der Waals surface area contributed by atoms with Crippen molar-refractivity contribution in [3.63, 3.8) is 0 Å². The summed E-state index contributed by atoms with van der Waals surface area (Å²) < 4.78 is 5.31. The van der Waals surface area contributed by atoms with Crippen molar-refractivity contribution in [1.82, 2.24) is 10.4 Å². The molecule has 6 nitrogen and oxygen atoms in total. The molecule has 0 aliphatic carbocycles. The molecule has 1 amide bonds. The van der Waals surface area contributed by atoms with Gasteiger partial charge in [0.2, 0.25) is 0 Å². The lowest BCUT2D eigenvalue weighted by molar-refractivity contribution is -0.396. The predicted octanol–water partition coefficient (Wildman–Crippen LogP) is 2.13. The van der Waals surface area contributed by atoms with E-state index in [0.29, 0.717) is 5.76 Å². The molecule has 7 heteroatoms. The first kappa shape index (κ1) is 14.4. The number of hydrogen-bond donors (Lipinski definition) is 2. The summed E-state index contributed by atoms with van der Waals surface area (Å²) in [6, 6.07) is 11.5. The Morgan fingerprint density at radius 2 is 2.27 bits per heavy atom. The Kier molecular flexibility index (Phi) is 4.24. The summed E-state index contributed by atoms with van der Waals surface area (Å²) >= 11 is 1.38. The molecule has 0 atom stereocenters. The number of rotatable bonds is 5. The second kappa shape index (κ2) is 6.48. The highest BCUT2D eigenvalue weighted by atomic mass is 32.2. The number of hydrogen-bond acceptors (Lipinski definition) is 4. The van der Waals surface area contributed by atoms with E-state index in [-0.39, 0.29) is 11.7 Å². The van der Waals surface area contributed by atoms with Crippen molar-refractivity contribution in [1.29, 1.82) is 0 Å². The summed E-state index contributed by atoms with van der Waals surface area (Å²) in [5.74, 6) is 1.49. The molecule has 0 aliphatic heterocycles. The highest BCUT2D eigenvalue weighted by Gasteiger charge is 2.11. The number of imidazole rings is 1. The standard InChI is InChI=1S/C15H14N4O2S/c1-10-6-7-11(21-10)8-16-19-14(20)9-22-15-17-12-4-2-3-5-13(12)18-15/h2-8H,9H2,1H3,(H,17,18)(H,19,20)/p+1. The van der Waals surface area contributed by atoms with Crippen molar-refractivity contribution < 1.29 is 14.2 Å². The number of furan rings is 1. The van der Waals surface area contributed by atoms with Crippen molar-refractivity contribution in [2.45, 2.75) is 12.1 Å². The van der Waals surface area contributed by atoms with Crippen molar-refractivity contribution >= 4 is 34.9 Å². The van der Waals surface area contributed by atoms with E-state index in [4.69, 9.17) is 4.42 Å². The average Bonchev–Trinajstić information content (AvgIpc) is 3.11. The Bertz CT molecular complexity index is 789. The van der Waals surface area contributed by atoms with E-state index in [1.165, 1.54) is 18.0 Å². The van der Waals surface area contributed by atoms with Crippen LogP contribution < -0.4 is 10.4 Å². The monoisotopic (exact) mass is 315 g/mol. The van der Waals surface area contributed by atoms with Crippen LogP contribution in [0.4, 0.5) is 0 Å². The van der Waals surface area contributed by atoms with Crippen molar-refractivity contribution in [2.75, 3.05) is 5.75 Å². The first-order valence-electron chi connectivity index (χ1n) is 6.72. The van der Waals surface area contributed by atoms with Crippen LogP contribution in [-0.2, 0) is 4.79 Å². The van der Waals surface area contributed by atoms with Gasteiger partial charge in [0.1, 0.15) is 11.5 Å². The fraction of sp³-hybridized carbons (Fsp3) is 0.133. The molecule has 0 fully saturated rings. The number of carbonyl (C=O) groups is 1. The zero-order chi connectivity index (χ0) is 15.4. The van der Waals surface area contributed by atoms with Gasteiger partial charge in [0, 0.05) is 0 Å². The Hall–Kier alpha value is -2.54. The normalized spacial score (nSPS) is 11.3. The molecule has 0 radical (unpaired) electrons. The van der Waals surface area contributed by atoms with Gasteiger partial charge < -0.3 is 4.42 Å². The van der Waals surface area contributed by atoms with Crippen LogP contribution in [0.15, 0.2) is 51.1 Å². The smallest absolute Gasteiger partial charge is 0.315 e. The average molecular weight is 315 g/mol. The minimum Gasteiger partial charge on any atom is -0.460 e. The van der Waals surface area contributed by atoms with Gasteiger partial charge in [-0.05, 0) is 43.0 Å². The van der Waals surface area contributed by atoms with Gasteiger partial charge in [-0.15, -0.1) is 0 Å². The van der Waals surface area contributed by atoms with E-state index in [1.807, 2.05) is 37.3 Å². The molecule has 3 N–H and O–H groups in total. The molecular formula is C15H15N4O2S+. The summed E-state index contributed by atoms with van der Waals surface area (Å²) in [7, 11) is 0. The number of fused-ring (bicyclic) bond motifs is 1.